The van der Waals surface area contributed by atoms with Gasteiger partial charge in [-0.3, -0.25) is 9.69 Å². The topological polar surface area (TPSA) is 45.1 Å². The van der Waals surface area contributed by atoms with Gasteiger partial charge in [-0.15, -0.1) is 0 Å². The Morgan fingerprint density at radius 2 is 1.81 bits per heavy atom. The van der Waals surface area contributed by atoms with Crippen molar-refractivity contribution in [3.63, 3.8) is 0 Å². The molecule has 1 aromatic rings. The molecule has 1 aliphatic carbocycles. The van der Waals surface area contributed by atoms with Crippen molar-refractivity contribution in [3.05, 3.63) is 35.6 Å². The summed E-state index contributed by atoms with van der Waals surface area (Å²) in [5.74, 6) is 0.260. The van der Waals surface area contributed by atoms with Gasteiger partial charge < -0.3 is 9.64 Å². The van der Waals surface area contributed by atoms with E-state index in [1.54, 1.807) is 4.90 Å². The van der Waals surface area contributed by atoms with Gasteiger partial charge >= 0.3 is 6.02 Å². The van der Waals surface area contributed by atoms with E-state index < -0.39 is 0 Å². The number of anilines is 1. The van der Waals surface area contributed by atoms with Gasteiger partial charge in [-0.1, -0.05) is 25.0 Å². The van der Waals surface area contributed by atoms with Crippen molar-refractivity contribution in [1.29, 1.82) is 0 Å². The van der Waals surface area contributed by atoms with Crippen molar-refractivity contribution in [1.82, 2.24) is 4.90 Å². The molecule has 1 aliphatic heterocycles. The molecule has 5 heteroatoms. The Morgan fingerprint density at radius 1 is 1.15 bits per heavy atom. The molecular weight excluding hydrogens is 326 g/mol. The fourth-order valence-corrected chi connectivity index (χ4v) is 3.59. The normalized spacial score (nSPS) is 21.0. The van der Waals surface area contributed by atoms with Crippen LogP contribution in [0.5, 0.6) is 0 Å². The fourth-order valence-electron chi connectivity index (χ4n) is 3.59. The highest BCUT2D eigenvalue weighted by molar-refractivity contribution is 6.11. The summed E-state index contributed by atoms with van der Waals surface area (Å²) in [5.41, 5.74) is 2.15. The number of hydrogen-bond donors (Lipinski definition) is 0. The maximum atomic E-state index is 12.6. The molecule has 0 bridgehead atoms. The van der Waals surface area contributed by atoms with Crippen LogP contribution in [0.3, 0.4) is 0 Å². The Labute approximate surface area is 156 Å². The van der Waals surface area contributed by atoms with Crippen molar-refractivity contribution in [2.24, 2.45) is 4.99 Å². The van der Waals surface area contributed by atoms with Crippen molar-refractivity contribution < 1.29 is 9.53 Å². The first-order chi connectivity index (χ1) is 12.7. The summed E-state index contributed by atoms with van der Waals surface area (Å²) >= 11 is 0. The minimum Gasteiger partial charge on any atom is -0.420 e. The van der Waals surface area contributed by atoms with Crippen LogP contribution in [0.2, 0.25) is 0 Å². The average molecular weight is 355 g/mol. The number of benzene rings is 1. The molecule has 26 heavy (non-hydrogen) atoms. The van der Waals surface area contributed by atoms with Crippen LogP contribution >= 0.6 is 0 Å². The van der Waals surface area contributed by atoms with Crippen LogP contribution in [0.15, 0.2) is 35.0 Å². The number of amides is 1. The highest BCUT2D eigenvalue weighted by atomic mass is 16.5. The van der Waals surface area contributed by atoms with Crippen LogP contribution in [0.25, 0.3) is 6.08 Å². The molecule has 3 rings (SSSR count). The highest BCUT2D eigenvalue weighted by Gasteiger charge is 2.34. The second-order valence-electron chi connectivity index (χ2n) is 6.77. The molecule has 0 unspecified atom stereocenters. The van der Waals surface area contributed by atoms with Crippen molar-refractivity contribution in [2.45, 2.75) is 52.5 Å². The molecule has 1 amide bonds. The monoisotopic (exact) mass is 355 g/mol. The van der Waals surface area contributed by atoms with Gasteiger partial charge in [-0.25, -0.2) is 4.99 Å². The lowest BCUT2D eigenvalue weighted by atomic mass is 10.1. The van der Waals surface area contributed by atoms with Gasteiger partial charge in [0, 0.05) is 25.3 Å². The molecular formula is C21H29N3O2. The Hall–Kier alpha value is -2.30. The van der Waals surface area contributed by atoms with Crippen LogP contribution < -0.4 is 4.90 Å². The lowest BCUT2D eigenvalue weighted by Gasteiger charge is -2.20. The summed E-state index contributed by atoms with van der Waals surface area (Å²) in [6.07, 6.45) is 6.41. The SMILES string of the molecule is CCN1C(=O)C(=Cc2ccc(N(CC)CC)cc2)OC1=NC1CCCC1. The molecule has 1 saturated heterocycles. The summed E-state index contributed by atoms with van der Waals surface area (Å²) < 4.78 is 5.84. The van der Waals surface area contributed by atoms with E-state index in [0.29, 0.717) is 24.4 Å². The Bertz CT molecular complexity index is 684. The molecule has 0 radical (unpaired) electrons. The first-order valence-corrected chi connectivity index (χ1v) is 9.80. The molecule has 0 atom stereocenters. The van der Waals surface area contributed by atoms with E-state index in [1.807, 2.05) is 25.1 Å². The number of aliphatic imine (C=N–C) groups is 1. The van der Waals surface area contributed by atoms with E-state index in [2.05, 4.69) is 35.9 Å². The largest absolute Gasteiger partial charge is 0.420 e. The number of carbonyl (C=O) groups is 1. The maximum Gasteiger partial charge on any atom is 0.300 e. The smallest absolute Gasteiger partial charge is 0.300 e. The third kappa shape index (κ3) is 3.92. The second kappa shape index (κ2) is 8.39. The minimum atomic E-state index is -0.0999. The van der Waals surface area contributed by atoms with Gasteiger partial charge in [-0.05, 0) is 57.4 Å². The van der Waals surface area contributed by atoms with Gasteiger partial charge in [0.2, 0.25) is 0 Å². The number of rotatable bonds is 6. The Morgan fingerprint density at radius 3 is 2.38 bits per heavy atom. The molecule has 2 fully saturated rings. The summed E-state index contributed by atoms with van der Waals surface area (Å²) in [7, 11) is 0. The lowest BCUT2D eigenvalue weighted by Crippen LogP contribution is -2.30. The molecule has 1 saturated carbocycles. The lowest BCUT2D eigenvalue weighted by molar-refractivity contribution is -0.122. The summed E-state index contributed by atoms with van der Waals surface area (Å²) in [6.45, 7) is 8.77. The van der Waals surface area contributed by atoms with Crippen molar-refractivity contribution in [2.75, 3.05) is 24.5 Å². The Balaban J connectivity index is 1.78. The number of likely N-dealkylation sites (N-methyl/N-ethyl adjacent to an activating group) is 1. The fraction of sp³-hybridized carbons (Fsp3) is 0.524. The van der Waals surface area contributed by atoms with Crippen LogP contribution in [0, 0.1) is 0 Å². The average Bonchev–Trinajstić information content (AvgIpc) is 3.26. The van der Waals surface area contributed by atoms with Crippen molar-refractivity contribution in [3.8, 4) is 0 Å². The molecule has 5 nitrogen and oxygen atoms in total. The number of ether oxygens (including phenoxy) is 1. The van der Waals surface area contributed by atoms with Crippen molar-refractivity contribution >= 4 is 23.7 Å². The first kappa shape index (κ1) is 18.5. The first-order valence-electron chi connectivity index (χ1n) is 9.80. The van der Waals surface area contributed by atoms with E-state index >= 15 is 0 Å². The second-order valence-corrected chi connectivity index (χ2v) is 6.77. The summed E-state index contributed by atoms with van der Waals surface area (Å²) in [5, 5.41) is 0. The molecule has 140 valence electrons. The van der Waals surface area contributed by atoms with Crippen LogP contribution in [-0.4, -0.2) is 42.5 Å². The number of amidine groups is 1. The zero-order valence-electron chi connectivity index (χ0n) is 16.1. The third-order valence-electron chi connectivity index (χ3n) is 5.14. The maximum absolute atomic E-state index is 12.6. The zero-order chi connectivity index (χ0) is 18.5. The van der Waals surface area contributed by atoms with Gasteiger partial charge in [0.25, 0.3) is 5.91 Å². The van der Waals surface area contributed by atoms with E-state index in [-0.39, 0.29) is 5.91 Å². The molecule has 1 aromatic carbocycles. The summed E-state index contributed by atoms with van der Waals surface area (Å²) in [6, 6.07) is 8.99. The predicted molar refractivity (Wildman–Crippen MR) is 106 cm³/mol. The van der Waals surface area contributed by atoms with Gasteiger partial charge in [0.1, 0.15) is 0 Å². The van der Waals surface area contributed by atoms with Crippen LogP contribution in [0.1, 0.15) is 52.0 Å². The standard InChI is InChI=1S/C21H29N3O2/c1-4-23(5-2)18-13-11-16(12-14-18)15-19-20(25)24(6-3)21(26-19)22-17-9-7-8-10-17/h11-15,17H,4-10H2,1-3H3. The van der Waals surface area contributed by atoms with E-state index in [0.717, 1.165) is 31.5 Å². The predicted octanol–water partition coefficient (Wildman–Crippen LogP) is 4.05. The Kier molecular flexibility index (Phi) is 5.96. The molecule has 2 aliphatic rings. The zero-order valence-corrected chi connectivity index (χ0v) is 16.1. The highest BCUT2D eigenvalue weighted by Crippen LogP contribution is 2.25. The minimum absolute atomic E-state index is 0.0999. The molecule has 0 spiro atoms. The number of hydrogen-bond acceptors (Lipinski definition) is 4. The van der Waals surface area contributed by atoms with Crippen LogP contribution in [0.4, 0.5) is 5.69 Å². The van der Waals surface area contributed by atoms with E-state index in [1.165, 1.54) is 18.5 Å². The quantitative estimate of drug-likeness (QED) is 0.723. The number of nitrogens with zero attached hydrogens (tertiary/aromatic N) is 3. The molecule has 0 N–H and O–H groups in total. The van der Waals surface area contributed by atoms with Gasteiger partial charge in [0.05, 0.1) is 6.04 Å². The molecule has 1 heterocycles. The van der Waals surface area contributed by atoms with E-state index in [9.17, 15) is 4.79 Å². The summed E-state index contributed by atoms with van der Waals surface area (Å²) in [4.78, 5) is 21.2. The van der Waals surface area contributed by atoms with E-state index in [4.69, 9.17) is 4.74 Å². The van der Waals surface area contributed by atoms with Gasteiger partial charge in [-0.2, -0.15) is 0 Å². The van der Waals surface area contributed by atoms with Gasteiger partial charge in [0.15, 0.2) is 5.76 Å². The number of carbonyl (C=O) groups excluding carboxylic acids is 1. The molecule has 0 aromatic heterocycles. The van der Waals surface area contributed by atoms with Crippen LogP contribution in [-0.2, 0) is 9.53 Å². The third-order valence-corrected chi connectivity index (χ3v) is 5.14.